The first-order valence-electron chi connectivity index (χ1n) is 5.15. The maximum absolute atomic E-state index is 10.9. The molecule has 1 saturated heterocycles. The SMILES string of the molecule is CC(=O)Cc1noc(C2CCOCC2)n1. The fraction of sp³-hybridized carbons (Fsp3) is 0.700. The number of Topliss-reactive ketones (excluding diaryl/α,β-unsaturated/α-hetero) is 1. The molecule has 0 bridgehead atoms. The van der Waals surface area contributed by atoms with Gasteiger partial charge >= 0.3 is 0 Å². The number of aromatic nitrogens is 2. The number of carbonyl (C=O) groups is 1. The van der Waals surface area contributed by atoms with E-state index in [2.05, 4.69) is 10.1 Å². The van der Waals surface area contributed by atoms with E-state index in [4.69, 9.17) is 9.26 Å². The molecular weight excluding hydrogens is 196 g/mol. The van der Waals surface area contributed by atoms with Crippen molar-refractivity contribution in [2.45, 2.75) is 32.1 Å². The molecule has 1 fully saturated rings. The molecule has 0 radical (unpaired) electrons. The average molecular weight is 210 g/mol. The van der Waals surface area contributed by atoms with E-state index in [1.807, 2.05) is 0 Å². The fourth-order valence-electron chi connectivity index (χ4n) is 1.67. The molecule has 5 nitrogen and oxygen atoms in total. The third-order valence-electron chi connectivity index (χ3n) is 2.46. The van der Waals surface area contributed by atoms with Gasteiger partial charge in [-0.05, 0) is 19.8 Å². The van der Waals surface area contributed by atoms with Gasteiger partial charge < -0.3 is 9.26 Å². The highest BCUT2D eigenvalue weighted by molar-refractivity contribution is 5.77. The smallest absolute Gasteiger partial charge is 0.229 e. The van der Waals surface area contributed by atoms with E-state index in [1.54, 1.807) is 0 Å². The lowest BCUT2D eigenvalue weighted by Gasteiger charge is -2.17. The quantitative estimate of drug-likeness (QED) is 0.747. The molecule has 0 amide bonds. The lowest BCUT2D eigenvalue weighted by atomic mass is 10.0. The zero-order valence-electron chi connectivity index (χ0n) is 8.73. The Bertz CT molecular complexity index is 342. The third-order valence-corrected chi connectivity index (χ3v) is 2.46. The maximum atomic E-state index is 10.9. The molecule has 0 N–H and O–H groups in total. The van der Waals surface area contributed by atoms with Gasteiger partial charge in [0.1, 0.15) is 5.78 Å². The minimum absolute atomic E-state index is 0.0503. The summed E-state index contributed by atoms with van der Waals surface area (Å²) < 4.78 is 10.4. The molecule has 1 aromatic heterocycles. The molecule has 0 aromatic carbocycles. The summed E-state index contributed by atoms with van der Waals surface area (Å²) in [6.07, 6.45) is 2.09. The van der Waals surface area contributed by atoms with E-state index in [1.165, 1.54) is 6.92 Å². The summed E-state index contributed by atoms with van der Waals surface area (Å²) in [6, 6.07) is 0. The number of ether oxygens (including phenoxy) is 1. The Morgan fingerprint density at radius 1 is 1.47 bits per heavy atom. The zero-order valence-corrected chi connectivity index (χ0v) is 8.73. The first-order valence-corrected chi connectivity index (χ1v) is 5.15. The Labute approximate surface area is 87.8 Å². The molecule has 0 aliphatic carbocycles. The van der Waals surface area contributed by atoms with E-state index in [0.717, 1.165) is 26.1 Å². The van der Waals surface area contributed by atoms with Crippen molar-refractivity contribution in [2.75, 3.05) is 13.2 Å². The Morgan fingerprint density at radius 2 is 2.20 bits per heavy atom. The first kappa shape index (κ1) is 10.3. The second-order valence-corrected chi connectivity index (χ2v) is 3.81. The maximum Gasteiger partial charge on any atom is 0.229 e. The van der Waals surface area contributed by atoms with E-state index < -0.39 is 0 Å². The number of nitrogens with zero attached hydrogens (tertiary/aromatic N) is 2. The van der Waals surface area contributed by atoms with Gasteiger partial charge in [-0.25, -0.2) is 0 Å². The van der Waals surface area contributed by atoms with Crippen molar-refractivity contribution >= 4 is 5.78 Å². The van der Waals surface area contributed by atoms with Gasteiger partial charge in [-0.2, -0.15) is 4.98 Å². The molecule has 2 rings (SSSR count). The van der Waals surface area contributed by atoms with Gasteiger partial charge in [-0.15, -0.1) is 0 Å². The molecule has 15 heavy (non-hydrogen) atoms. The normalized spacial score (nSPS) is 17.9. The van der Waals surface area contributed by atoms with Crippen LogP contribution in [0, 0.1) is 0 Å². The van der Waals surface area contributed by atoms with Gasteiger partial charge in [-0.1, -0.05) is 5.16 Å². The predicted molar refractivity (Wildman–Crippen MR) is 51.5 cm³/mol. The summed E-state index contributed by atoms with van der Waals surface area (Å²) in [4.78, 5) is 15.1. The van der Waals surface area contributed by atoms with Gasteiger partial charge in [0.2, 0.25) is 5.89 Å². The topological polar surface area (TPSA) is 65.2 Å². The molecule has 1 aromatic rings. The zero-order chi connectivity index (χ0) is 10.7. The van der Waals surface area contributed by atoms with Crippen LogP contribution >= 0.6 is 0 Å². The molecule has 82 valence electrons. The van der Waals surface area contributed by atoms with Crippen LogP contribution in [0.3, 0.4) is 0 Å². The van der Waals surface area contributed by atoms with Gasteiger partial charge in [0.25, 0.3) is 0 Å². The van der Waals surface area contributed by atoms with Crippen LogP contribution in [0.15, 0.2) is 4.52 Å². The van der Waals surface area contributed by atoms with Crippen molar-refractivity contribution in [1.29, 1.82) is 0 Å². The fourth-order valence-corrected chi connectivity index (χ4v) is 1.67. The van der Waals surface area contributed by atoms with Crippen molar-refractivity contribution in [3.63, 3.8) is 0 Å². The van der Waals surface area contributed by atoms with E-state index in [-0.39, 0.29) is 12.2 Å². The highest BCUT2D eigenvalue weighted by Crippen LogP contribution is 2.25. The molecule has 0 spiro atoms. The summed E-state index contributed by atoms with van der Waals surface area (Å²) in [5.74, 6) is 1.49. The van der Waals surface area contributed by atoms with Crippen molar-refractivity contribution < 1.29 is 14.1 Å². The van der Waals surface area contributed by atoms with E-state index in [9.17, 15) is 4.79 Å². The van der Waals surface area contributed by atoms with Crippen LogP contribution in [0.4, 0.5) is 0 Å². The van der Waals surface area contributed by atoms with Crippen LogP contribution in [0.25, 0.3) is 0 Å². The Balaban J connectivity index is 2.02. The Kier molecular flexibility index (Phi) is 3.11. The van der Waals surface area contributed by atoms with Crippen LogP contribution in [0.1, 0.15) is 37.4 Å². The van der Waals surface area contributed by atoms with Crippen LogP contribution in [-0.2, 0) is 16.0 Å². The molecule has 0 saturated carbocycles. The minimum atomic E-state index is 0.0503. The highest BCUT2D eigenvalue weighted by atomic mass is 16.5. The highest BCUT2D eigenvalue weighted by Gasteiger charge is 2.22. The van der Waals surface area contributed by atoms with E-state index >= 15 is 0 Å². The Hall–Kier alpha value is -1.23. The largest absolute Gasteiger partial charge is 0.381 e. The van der Waals surface area contributed by atoms with Crippen LogP contribution < -0.4 is 0 Å². The lowest BCUT2D eigenvalue weighted by molar-refractivity contribution is -0.116. The third kappa shape index (κ3) is 2.62. The van der Waals surface area contributed by atoms with Gasteiger partial charge in [0.15, 0.2) is 5.82 Å². The summed E-state index contributed by atoms with van der Waals surface area (Å²) in [5.41, 5.74) is 0. The minimum Gasteiger partial charge on any atom is -0.381 e. The van der Waals surface area contributed by atoms with Crippen LogP contribution in [0.5, 0.6) is 0 Å². The van der Waals surface area contributed by atoms with Crippen molar-refractivity contribution in [3.8, 4) is 0 Å². The van der Waals surface area contributed by atoms with Crippen LogP contribution in [0.2, 0.25) is 0 Å². The Morgan fingerprint density at radius 3 is 2.87 bits per heavy atom. The molecular formula is C10H14N2O3. The monoisotopic (exact) mass is 210 g/mol. The van der Waals surface area contributed by atoms with Gasteiger partial charge in [0.05, 0.1) is 6.42 Å². The average Bonchev–Trinajstić information content (AvgIpc) is 2.67. The number of hydrogen-bond acceptors (Lipinski definition) is 5. The summed E-state index contributed by atoms with van der Waals surface area (Å²) in [6.45, 7) is 3.01. The predicted octanol–water partition coefficient (Wildman–Crippen LogP) is 1.10. The van der Waals surface area contributed by atoms with Crippen molar-refractivity contribution in [3.05, 3.63) is 11.7 Å². The summed E-state index contributed by atoms with van der Waals surface area (Å²) in [5, 5.41) is 3.78. The molecule has 1 aliphatic heterocycles. The number of ketones is 1. The second-order valence-electron chi connectivity index (χ2n) is 3.81. The molecule has 2 heterocycles. The van der Waals surface area contributed by atoms with E-state index in [0.29, 0.717) is 17.6 Å². The van der Waals surface area contributed by atoms with Crippen LogP contribution in [-0.4, -0.2) is 29.1 Å². The number of hydrogen-bond donors (Lipinski definition) is 0. The standard InChI is InChI=1S/C10H14N2O3/c1-7(13)6-9-11-10(15-12-9)8-2-4-14-5-3-8/h8H,2-6H2,1H3. The first-order chi connectivity index (χ1) is 7.25. The van der Waals surface area contributed by atoms with Crippen molar-refractivity contribution in [1.82, 2.24) is 10.1 Å². The van der Waals surface area contributed by atoms with Gasteiger partial charge in [0, 0.05) is 19.1 Å². The summed E-state index contributed by atoms with van der Waals surface area (Å²) in [7, 11) is 0. The van der Waals surface area contributed by atoms with Crippen molar-refractivity contribution in [2.24, 2.45) is 0 Å². The number of rotatable bonds is 3. The number of carbonyl (C=O) groups excluding carboxylic acids is 1. The molecule has 1 aliphatic rings. The van der Waals surface area contributed by atoms with Gasteiger partial charge in [-0.3, -0.25) is 4.79 Å². The summed E-state index contributed by atoms with van der Waals surface area (Å²) >= 11 is 0. The lowest BCUT2D eigenvalue weighted by Crippen LogP contribution is -2.14. The molecule has 0 unspecified atom stereocenters. The molecule has 5 heteroatoms. The second kappa shape index (κ2) is 4.53. The molecule has 0 atom stereocenters.